The molecule has 0 aliphatic carbocycles. The Kier molecular flexibility index (Phi) is 4.47. The zero-order valence-corrected chi connectivity index (χ0v) is 14.4. The summed E-state index contributed by atoms with van der Waals surface area (Å²) in [5.41, 5.74) is 2.32. The van der Waals surface area contributed by atoms with Crippen molar-refractivity contribution < 1.29 is 14.6 Å². The number of allylic oxidation sites excluding steroid dienone is 2. The molecule has 0 saturated carbocycles. The average Bonchev–Trinajstić information content (AvgIpc) is 2.89. The van der Waals surface area contributed by atoms with Crippen LogP contribution in [0.1, 0.15) is 25.3 Å². The number of β-amino-alcohol motifs (C(OH)–C–C–N with tert-alkyl or cyclic N) is 1. The number of amides is 1. The number of piperidine rings is 1. The summed E-state index contributed by atoms with van der Waals surface area (Å²) in [6.45, 7) is 3.52. The lowest BCUT2D eigenvalue weighted by Crippen LogP contribution is -2.47. The molecule has 1 saturated heterocycles. The number of rotatable bonds is 3. The van der Waals surface area contributed by atoms with Crippen molar-refractivity contribution in [2.75, 3.05) is 32.6 Å². The first kappa shape index (κ1) is 16.7. The topological polar surface area (TPSA) is 61.8 Å². The summed E-state index contributed by atoms with van der Waals surface area (Å²) < 4.78 is 5.31. The van der Waals surface area contributed by atoms with Gasteiger partial charge in [-0.25, -0.2) is 0 Å². The van der Waals surface area contributed by atoms with Crippen LogP contribution in [0.3, 0.4) is 0 Å². The fourth-order valence-electron chi connectivity index (χ4n) is 3.46. The highest BCUT2D eigenvalue weighted by molar-refractivity contribution is 6.32. The fraction of sp³-hybridized carbons (Fsp3) is 0.421. The summed E-state index contributed by atoms with van der Waals surface area (Å²) in [5.74, 6) is 0.514. The second kappa shape index (κ2) is 6.42. The lowest BCUT2D eigenvalue weighted by Gasteiger charge is -2.39. The van der Waals surface area contributed by atoms with Crippen molar-refractivity contribution in [3.8, 4) is 5.75 Å². The van der Waals surface area contributed by atoms with Crippen molar-refractivity contribution in [3.05, 3.63) is 41.5 Å². The van der Waals surface area contributed by atoms with Crippen LogP contribution in [0.15, 0.2) is 35.9 Å². The molecule has 2 aliphatic rings. The number of benzene rings is 1. The van der Waals surface area contributed by atoms with E-state index >= 15 is 0 Å². The van der Waals surface area contributed by atoms with Gasteiger partial charge >= 0.3 is 0 Å². The molecule has 0 aromatic heterocycles. The van der Waals surface area contributed by atoms with E-state index in [1.165, 1.54) is 0 Å². The molecule has 0 spiro atoms. The molecule has 1 atom stereocenters. The third-order valence-corrected chi connectivity index (χ3v) is 4.95. The SMILES string of the molecule is CC[C@@]1(O)CN(C)CCC1=CC=C1C(=O)Nc2c(OC)cccc21. The van der Waals surface area contributed by atoms with E-state index in [9.17, 15) is 9.90 Å². The molecular formula is C19H24N2O3. The van der Waals surface area contributed by atoms with E-state index in [2.05, 4.69) is 10.2 Å². The number of ether oxygens (including phenoxy) is 1. The molecule has 1 amide bonds. The van der Waals surface area contributed by atoms with Gasteiger partial charge in [0.05, 0.1) is 18.4 Å². The van der Waals surface area contributed by atoms with Gasteiger partial charge in [0.15, 0.2) is 0 Å². The first-order valence-electron chi connectivity index (χ1n) is 8.29. The number of nitrogens with zero attached hydrogens (tertiary/aromatic N) is 1. The molecular weight excluding hydrogens is 304 g/mol. The Labute approximate surface area is 142 Å². The van der Waals surface area contributed by atoms with Gasteiger partial charge in [0.2, 0.25) is 0 Å². The lowest BCUT2D eigenvalue weighted by atomic mass is 9.84. The number of carbonyl (C=O) groups is 1. The van der Waals surface area contributed by atoms with Gasteiger partial charge in [0, 0.05) is 24.2 Å². The Morgan fingerprint density at radius 1 is 1.42 bits per heavy atom. The standard InChI is InChI=1S/C19H24N2O3/c1-4-19(23)12-21(2)11-10-13(19)8-9-15-14-6-5-7-16(24-3)17(14)20-18(15)22/h5-9,23H,4,10-12H2,1-3H3,(H,20,22)/t19-/m1/s1. The van der Waals surface area contributed by atoms with Crippen molar-refractivity contribution in [1.29, 1.82) is 0 Å². The van der Waals surface area contributed by atoms with Gasteiger partial charge in [0.25, 0.3) is 5.91 Å². The number of carbonyl (C=O) groups excluding carboxylic acids is 1. The number of nitrogens with one attached hydrogen (secondary N) is 1. The van der Waals surface area contributed by atoms with E-state index < -0.39 is 5.60 Å². The number of hydrogen-bond acceptors (Lipinski definition) is 4. The van der Waals surface area contributed by atoms with E-state index in [4.69, 9.17) is 4.74 Å². The number of fused-ring (bicyclic) bond motifs is 1. The van der Waals surface area contributed by atoms with E-state index in [-0.39, 0.29) is 5.91 Å². The Bertz CT molecular complexity index is 723. The third-order valence-electron chi connectivity index (χ3n) is 4.95. The maximum Gasteiger partial charge on any atom is 0.256 e. The quantitative estimate of drug-likeness (QED) is 0.837. The summed E-state index contributed by atoms with van der Waals surface area (Å²) in [4.78, 5) is 14.5. The molecule has 1 aromatic carbocycles. The van der Waals surface area contributed by atoms with Crippen molar-refractivity contribution in [2.45, 2.75) is 25.4 Å². The summed E-state index contributed by atoms with van der Waals surface area (Å²) in [6, 6.07) is 5.60. The number of aliphatic hydroxyl groups is 1. The monoisotopic (exact) mass is 328 g/mol. The van der Waals surface area contributed by atoms with Gasteiger partial charge in [-0.15, -0.1) is 0 Å². The number of para-hydroxylation sites is 1. The third kappa shape index (κ3) is 2.85. The predicted octanol–water partition coefficient (Wildman–Crippen LogP) is 2.43. The van der Waals surface area contributed by atoms with Crippen LogP contribution in [0.4, 0.5) is 5.69 Å². The fourth-order valence-corrected chi connectivity index (χ4v) is 3.46. The van der Waals surface area contributed by atoms with Gasteiger partial charge in [0.1, 0.15) is 5.75 Å². The molecule has 0 radical (unpaired) electrons. The van der Waals surface area contributed by atoms with Crippen LogP contribution in [-0.2, 0) is 4.79 Å². The molecule has 3 rings (SSSR count). The molecule has 0 bridgehead atoms. The molecule has 1 aromatic rings. The summed E-state index contributed by atoms with van der Waals surface area (Å²) >= 11 is 0. The van der Waals surface area contributed by atoms with Gasteiger partial charge in [-0.3, -0.25) is 4.79 Å². The number of methoxy groups -OCH3 is 1. The minimum absolute atomic E-state index is 0.140. The zero-order chi connectivity index (χ0) is 17.3. The van der Waals surface area contributed by atoms with Crippen molar-refractivity contribution in [2.24, 2.45) is 0 Å². The average molecular weight is 328 g/mol. The van der Waals surface area contributed by atoms with Crippen molar-refractivity contribution >= 4 is 17.2 Å². The first-order valence-corrected chi connectivity index (χ1v) is 8.29. The van der Waals surface area contributed by atoms with Gasteiger partial charge in [-0.1, -0.05) is 25.1 Å². The molecule has 5 heteroatoms. The van der Waals surface area contributed by atoms with Gasteiger partial charge < -0.3 is 20.1 Å². The molecule has 2 N–H and O–H groups in total. The van der Waals surface area contributed by atoms with Crippen LogP contribution < -0.4 is 10.1 Å². The molecule has 24 heavy (non-hydrogen) atoms. The van der Waals surface area contributed by atoms with E-state index in [0.29, 0.717) is 30.0 Å². The normalized spacial score (nSPS) is 27.4. The summed E-state index contributed by atoms with van der Waals surface area (Å²) in [7, 11) is 3.61. The Morgan fingerprint density at radius 3 is 2.92 bits per heavy atom. The number of hydrogen-bond donors (Lipinski definition) is 2. The lowest BCUT2D eigenvalue weighted by molar-refractivity contribution is -0.110. The summed E-state index contributed by atoms with van der Waals surface area (Å²) in [5, 5.41) is 13.7. The second-order valence-electron chi connectivity index (χ2n) is 6.48. The van der Waals surface area contributed by atoms with Crippen LogP contribution in [-0.4, -0.2) is 48.8 Å². The Balaban J connectivity index is 1.97. The van der Waals surface area contributed by atoms with Crippen LogP contribution in [0.5, 0.6) is 5.75 Å². The zero-order valence-electron chi connectivity index (χ0n) is 14.4. The molecule has 128 valence electrons. The second-order valence-corrected chi connectivity index (χ2v) is 6.48. The van der Waals surface area contributed by atoms with Gasteiger partial charge in [-0.05, 0) is 37.6 Å². The Hall–Kier alpha value is -2.11. The smallest absolute Gasteiger partial charge is 0.256 e. The van der Waals surface area contributed by atoms with Crippen LogP contribution in [0, 0.1) is 0 Å². The molecule has 5 nitrogen and oxygen atoms in total. The number of likely N-dealkylation sites (tertiary alicyclic amines) is 1. The van der Waals surface area contributed by atoms with E-state index in [1.54, 1.807) is 7.11 Å². The van der Waals surface area contributed by atoms with Gasteiger partial charge in [-0.2, -0.15) is 0 Å². The highest BCUT2D eigenvalue weighted by Gasteiger charge is 2.34. The minimum Gasteiger partial charge on any atom is -0.495 e. The van der Waals surface area contributed by atoms with E-state index in [0.717, 1.165) is 24.1 Å². The highest BCUT2D eigenvalue weighted by atomic mass is 16.5. The largest absolute Gasteiger partial charge is 0.495 e. The number of anilines is 1. The van der Waals surface area contributed by atoms with Crippen LogP contribution >= 0.6 is 0 Å². The maximum atomic E-state index is 12.3. The number of likely N-dealkylation sites (N-methyl/N-ethyl adjacent to an activating group) is 1. The molecule has 2 heterocycles. The molecule has 0 unspecified atom stereocenters. The van der Waals surface area contributed by atoms with Crippen LogP contribution in [0.25, 0.3) is 5.57 Å². The van der Waals surface area contributed by atoms with Crippen molar-refractivity contribution in [3.63, 3.8) is 0 Å². The highest BCUT2D eigenvalue weighted by Crippen LogP contribution is 2.39. The maximum absolute atomic E-state index is 12.3. The summed E-state index contributed by atoms with van der Waals surface area (Å²) in [6.07, 6.45) is 5.20. The van der Waals surface area contributed by atoms with Crippen molar-refractivity contribution in [1.82, 2.24) is 4.90 Å². The Morgan fingerprint density at radius 2 is 2.21 bits per heavy atom. The van der Waals surface area contributed by atoms with E-state index in [1.807, 2.05) is 44.3 Å². The first-order chi connectivity index (χ1) is 11.5. The predicted molar refractivity (Wildman–Crippen MR) is 95.0 cm³/mol. The molecule has 2 aliphatic heterocycles. The van der Waals surface area contributed by atoms with Crippen LogP contribution in [0.2, 0.25) is 0 Å². The minimum atomic E-state index is -0.823. The molecule has 1 fully saturated rings.